The van der Waals surface area contributed by atoms with Crippen LogP contribution in [-0.4, -0.2) is 63.0 Å². The Balaban J connectivity index is 1.20. The molecule has 0 amide bonds. The average molecular weight is 499 g/mol. The standard InChI is InChI=1S/C27H26N6O4/c1-35-26-5-3-20(15-31-26)37-21-6-9-32(16-21)24-4-2-18(13-29-24)23-10-22(36-17-27(34)7-8-27)11-25-30-14-19(12-28)33(23)25/h2-5,10-11,13-15,21,34H,6-9,16-17H2,1H3/t21-/m1/s1. The third-order valence-corrected chi connectivity index (χ3v) is 6.76. The maximum absolute atomic E-state index is 10.2. The van der Waals surface area contributed by atoms with Gasteiger partial charge in [0.1, 0.15) is 47.4 Å². The number of ether oxygens (including phenoxy) is 3. The van der Waals surface area contributed by atoms with Crippen LogP contribution in [0.3, 0.4) is 0 Å². The van der Waals surface area contributed by atoms with Gasteiger partial charge < -0.3 is 24.2 Å². The van der Waals surface area contributed by atoms with Crippen molar-refractivity contribution in [1.29, 1.82) is 5.26 Å². The van der Waals surface area contributed by atoms with Crippen molar-refractivity contribution in [2.45, 2.75) is 31.0 Å². The number of imidazole rings is 1. The summed E-state index contributed by atoms with van der Waals surface area (Å²) in [7, 11) is 1.58. The van der Waals surface area contributed by atoms with Gasteiger partial charge in [0.15, 0.2) is 0 Å². The van der Waals surface area contributed by atoms with Gasteiger partial charge in [-0.2, -0.15) is 5.26 Å². The second-order valence-electron chi connectivity index (χ2n) is 9.45. The van der Waals surface area contributed by atoms with E-state index in [4.69, 9.17) is 19.2 Å². The maximum atomic E-state index is 10.2. The molecule has 6 rings (SSSR count). The van der Waals surface area contributed by atoms with Gasteiger partial charge in [-0.1, -0.05) is 0 Å². The van der Waals surface area contributed by atoms with Crippen molar-refractivity contribution in [2.75, 3.05) is 31.7 Å². The maximum Gasteiger partial charge on any atom is 0.213 e. The molecule has 4 aromatic rings. The van der Waals surface area contributed by atoms with Crippen molar-refractivity contribution in [3.8, 4) is 34.7 Å². The molecule has 0 spiro atoms. The van der Waals surface area contributed by atoms with Crippen molar-refractivity contribution in [2.24, 2.45) is 0 Å². The molecule has 2 fully saturated rings. The van der Waals surface area contributed by atoms with Crippen LogP contribution in [-0.2, 0) is 0 Å². The van der Waals surface area contributed by atoms with Crippen LogP contribution in [0.25, 0.3) is 16.9 Å². The van der Waals surface area contributed by atoms with Gasteiger partial charge in [0.2, 0.25) is 5.88 Å². The lowest BCUT2D eigenvalue weighted by Crippen LogP contribution is -2.25. The Morgan fingerprint density at radius 2 is 1.97 bits per heavy atom. The molecular formula is C27H26N6O4. The zero-order valence-electron chi connectivity index (χ0n) is 20.4. The predicted octanol–water partition coefficient (Wildman–Crippen LogP) is 3.23. The molecule has 37 heavy (non-hydrogen) atoms. The number of rotatable bonds is 8. The van der Waals surface area contributed by atoms with Crippen LogP contribution in [0, 0.1) is 11.3 Å². The third-order valence-electron chi connectivity index (χ3n) is 6.76. The van der Waals surface area contributed by atoms with Gasteiger partial charge in [-0.3, -0.25) is 4.40 Å². The minimum atomic E-state index is -0.732. The van der Waals surface area contributed by atoms with Crippen molar-refractivity contribution < 1.29 is 19.3 Å². The van der Waals surface area contributed by atoms with Crippen LogP contribution < -0.4 is 19.1 Å². The number of hydrogen-bond donors (Lipinski definition) is 1. The zero-order chi connectivity index (χ0) is 25.4. The number of nitrogens with zero attached hydrogens (tertiary/aromatic N) is 6. The van der Waals surface area contributed by atoms with E-state index in [9.17, 15) is 10.4 Å². The zero-order valence-corrected chi connectivity index (χ0v) is 20.4. The number of methoxy groups -OCH3 is 1. The second kappa shape index (κ2) is 9.26. The Morgan fingerprint density at radius 3 is 2.68 bits per heavy atom. The Bertz CT molecular complexity index is 1460. The van der Waals surface area contributed by atoms with E-state index in [-0.39, 0.29) is 12.7 Å². The number of nitriles is 1. The molecule has 0 bridgehead atoms. The Labute approximate surface area is 213 Å². The Morgan fingerprint density at radius 1 is 1.08 bits per heavy atom. The minimum absolute atomic E-state index is 0.0375. The van der Waals surface area contributed by atoms with Gasteiger partial charge in [0.25, 0.3) is 0 Å². The minimum Gasteiger partial charge on any atom is -0.490 e. The number of fused-ring (bicyclic) bond motifs is 1. The molecule has 4 aromatic heterocycles. The fraction of sp³-hybridized carbons (Fsp3) is 0.333. The topological polar surface area (TPSA) is 118 Å². The molecule has 5 heterocycles. The summed E-state index contributed by atoms with van der Waals surface area (Å²) in [6, 6.07) is 13.4. The number of hydrogen-bond acceptors (Lipinski definition) is 9. The van der Waals surface area contributed by atoms with Gasteiger partial charge in [-0.05, 0) is 31.0 Å². The van der Waals surface area contributed by atoms with Crippen molar-refractivity contribution in [3.05, 3.63) is 60.7 Å². The lowest BCUT2D eigenvalue weighted by Gasteiger charge is -2.19. The highest BCUT2D eigenvalue weighted by atomic mass is 16.5. The molecular weight excluding hydrogens is 472 g/mol. The van der Waals surface area contributed by atoms with Crippen LogP contribution in [0.4, 0.5) is 5.82 Å². The molecule has 188 valence electrons. The van der Waals surface area contributed by atoms with Crippen molar-refractivity contribution in [1.82, 2.24) is 19.4 Å². The quantitative estimate of drug-likeness (QED) is 0.391. The van der Waals surface area contributed by atoms with E-state index in [1.165, 1.54) is 0 Å². The first-order valence-electron chi connectivity index (χ1n) is 12.2. The molecule has 0 aromatic carbocycles. The summed E-state index contributed by atoms with van der Waals surface area (Å²) in [6.45, 7) is 1.78. The van der Waals surface area contributed by atoms with E-state index in [1.54, 1.807) is 42.2 Å². The van der Waals surface area contributed by atoms with Gasteiger partial charge in [-0.15, -0.1) is 0 Å². The summed E-state index contributed by atoms with van der Waals surface area (Å²) in [5.74, 6) is 2.71. The van der Waals surface area contributed by atoms with E-state index < -0.39 is 5.60 Å². The molecule has 1 saturated carbocycles. The van der Waals surface area contributed by atoms with E-state index in [0.29, 0.717) is 28.7 Å². The van der Waals surface area contributed by atoms with E-state index in [0.717, 1.165) is 49.4 Å². The van der Waals surface area contributed by atoms with Gasteiger partial charge >= 0.3 is 0 Å². The predicted molar refractivity (Wildman–Crippen MR) is 135 cm³/mol. The first-order valence-corrected chi connectivity index (χ1v) is 12.2. The second-order valence-corrected chi connectivity index (χ2v) is 9.45. The SMILES string of the molecule is COc1ccc(O[C@@H]2CCN(c3ccc(-c4cc(OCC5(O)CC5)cc5ncc(C#N)n45)cn3)C2)cn1. The van der Waals surface area contributed by atoms with E-state index in [2.05, 4.69) is 20.9 Å². The first-order chi connectivity index (χ1) is 18.0. The van der Waals surface area contributed by atoms with Crippen LogP contribution in [0.5, 0.6) is 17.4 Å². The Hall–Kier alpha value is -4.36. The summed E-state index contributed by atoms with van der Waals surface area (Å²) in [4.78, 5) is 15.5. The highest BCUT2D eigenvalue weighted by Crippen LogP contribution is 2.36. The van der Waals surface area contributed by atoms with Crippen LogP contribution in [0.2, 0.25) is 0 Å². The molecule has 1 saturated heterocycles. The van der Waals surface area contributed by atoms with Crippen molar-refractivity contribution in [3.63, 3.8) is 0 Å². The van der Waals surface area contributed by atoms with Gasteiger partial charge in [0.05, 0.1) is 37.3 Å². The molecule has 1 aliphatic heterocycles. The van der Waals surface area contributed by atoms with E-state index in [1.807, 2.05) is 24.3 Å². The summed E-state index contributed by atoms with van der Waals surface area (Å²) in [6.07, 6.45) is 7.41. The summed E-state index contributed by atoms with van der Waals surface area (Å²) in [5.41, 5.74) is 1.87. The number of aromatic nitrogens is 4. The largest absolute Gasteiger partial charge is 0.490 e. The molecule has 2 aliphatic rings. The molecule has 10 nitrogen and oxygen atoms in total. The fourth-order valence-electron chi connectivity index (χ4n) is 4.48. The van der Waals surface area contributed by atoms with Gasteiger partial charge in [-0.25, -0.2) is 15.0 Å². The molecule has 1 aliphatic carbocycles. The van der Waals surface area contributed by atoms with E-state index >= 15 is 0 Å². The third kappa shape index (κ3) is 4.73. The monoisotopic (exact) mass is 498 g/mol. The van der Waals surface area contributed by atoms with Crippen LogP contribution >= 0.6 is 0 Å². The summed E-state index contributed by atoms with van der Waals surface area (Å²) in [5, 5.41) is 19.8. The van der Waals surface area contributed by atoms with Gasteiger partial charge in [0, 0.05) is 42.9 Å². The van der Waals surface area contributed by atoms with Crippen molar-refractivity contribution >= 4 is 11.5 Å². The lowest BCUT2D eigenvalue weighted by molar-refractivity contribution is 0.0857. The molecule has 0 radical (unpaired) electrons. The molecule has 0 unspecified atom stereocenters. The fourth-order valence-corrected chi connectivity index (χ4v) is 4.48. The summed E-state index contributed by atoms with van der Waals surface area (Å²) < 4.78 is 18.9. The highest BCUT2D eigenvalue weighted by molar-refractivity contribution is 5.68. The molecule has 1 atom stereocenters. The smallest absolute Gasteiger partial charge is 0.213 e. The first kappa shape index (κ1) is 23.1. The normalized spacial score (nSPS) is 18.0. The van der Waals surface area contributed by atoms with Crippen LogP contribution in [0.15, 0.2) is 55.0 Å². The lowest BCUT2D eigenvalue weighted by atomic mass is 10.1. The highest BCUT2D eigenvalue weighted by Gasteiger charge is 2.41. The summed E-state index contributed by atoms with van der Waals surface area (Å²) >= 11 is 0. The number of anilines is 1. The molecule has 1 N–H and O–H groups in total. The average Bonchev–Trinajstić information content (AvgIpc) is 3.29. The van der Waals surface area contributed by atoms with Crippen LogP contribution in [0.1, 0.15) is 25.0 Å². The Kier molecular flexibility index (Phi) is 5.77. The molecule has 10 heteroatoms. The number of pyridine rings is 3. The number of aliphatic hydroxyl groups is 1.